The summed E-state index contributed by atoms with van der Waals surface area (Å²) in [7, 11) is 0. The minimum absolute atomic E-state index is 0.0126. The van der Waals surface area contributed by atoms with Crippen molar-refractivity contribution in [3.05, 3.63) is 244 Å². The molecule has 2 heterocycles. The first kappa shape index (κ1) is 54.9. The molecule has 2 aliphatic heterocycles. The Morgan fingerprint density at radius 2 is 0.771 bits per heavy atom. The summed E-state index contributed by atoms with van der Waals surface area (Å²) in [6, 6.07) is 75.6. The summed E-state index contributed by atoms with van der Waals surface area (Å²) in [4.78, 5) is 5.46. The summed E-state index contributed by atoms with van der Waals surface area (Å²) in [5, 5.41) is 0. The molecule has 2 nitrogen and oxygen atoms in total. The number of nitrogens with zero attached hydrogens (tertiary/aromatic N) is 2. The third-order valence-electron chi connectivity index (χ3n) is 21.0. The molecule has 2 aliphatic carbocycles. The van der Waals surface area contributed by atoms with Gasteiger partial charge in [-0.2, -0.15) is 0 Å². The molecule has 83 heavy (non-hydrogen) atoms. The summed E-state index contributed by atoms with van der Waals surface area (Å²) in [6.07, 6.45) is 4.65. The second-order valence-electron chi connectivity index (χ2n) is 29.9. The molecule has 0 radical (unpaired) electrons. The van der Waals surface area contributed by atoms with Crippen molar-refractivity contribution >= 4 is 57.2 Å². The van der Waals surface area contributed by atoms with Crippen LogP contribution in [-0.2, 0) is 37.9 Å². The van der Waals surface area contributed by atoms with Gasteiger partial charge in [0.1, 0.15) is 0 Å². The van der Waals surface area contributed by atoms with E-state index >= 15 is 0 Å². The van der Waals surface area contributed by atoms with Crippen LogP contribution in [0.4, 0.5) is 34.1 Å². The quantitative estimate of drug-likeness (QED) is 0.140. The first-order valence-electron chi connectivity index (χ1n) is 30.9. The molecule has 0 N–H and O–H groups in total. The molecule has 0 aromatic heterocycles. The number of rotatable bonds is 8. The minimum Gasteiger partial charge on any atom is -0.311 e. The summed E-state index contributed by atoms with van der Waals surface area (Å²) >= 11 is 0. The topological polar surface area (TPSA) is 6.48 Å². The largest absolute Gasteiger partial charge is 0.311 e. The monoisotopic (exact) mass is 1080 g/mol. The van der Waals surface area contributed by atoms with Gasteiger partial charge in [-0.3, -0.25) is 0 Å². The van der Waals surface area contributed by atoms with Crippen LogP contribution < -0.4 is 26.2 Å². The molecule has 418 valence electrons. The number of hydrogen-bond donors (Lipinski definition) is 0. The Labute approximate surface area is 498 Å². The highest BCUT2D eigenvalue weighted by Crippen LogP contribution is 2.55. The zero-order valence-electron chi connectivity index (χ0n) is 52.3. The molecule has 0 bridgehead atoms. The van der Waals surface area contributed by atoms with Crippen LogP contribution in [0.15, 0.2) is 194 Å². The summed E-state index contributed by atoms with van der Waals surface area (Å²) in [5.41, 5.74) is 28.4. The average molecular weight is 1090 g/mol. The Morgan fingerprint density at radius 3 is 1.34 bits per heavy atom. The lowest BCUT2D eigenvalue weighted by Crippen LogP contribution is -2.62. The van der Waals surface area contributed by atoms with Gasteiger partial charge in [0.05, 0.1) is 5.69 Å². The molecular formula is C80H85BN2. The van der Waals surface area contributed by atoms with Crippen LogP contribution in [0, 0.1) is 0 Å². The summed E-state index contributed by atoms with van der Waals surface area (Å²) in [5.74, 6) is 0. The molecule has 9 aromatic carbocycles. The van der Waals surface area contributed by atoms with E-state index in [-0.39, 0.29) is 44.6 Å². The van der Waals surface area contributed by atoms with Crippen LogP contribution in [0.25, 0.3) is 22.3 Å². The lowest BCUT2D eigenvalue weighted by Gasteiger charge is -2.48. The van der Waals surface area contributed by atoms with Gasteiger partial charge >= 0.3 is 0 Å². The first-order valence-corrected chi connectivity index (χ1v) is 30.9. The molecule has 4 aliphatic rings. The summed E-state index contributed by atoms with van der Waals surface area (Å²) in [6.45, 7) is 36.7. The Hall–Kier alpha value is -7.36. The Balaban J connectivity index is 1.15. The minimum atomic E-state index is -0.287. The molecule has 0 saturated carbocycles. The Bertz CT molecular complexity index is 4000. The van der Waals surface area contributed by atoms with E-state index in [0.29, 0.717) is 0 Å². The van der Waals surface area contributed by atoms with E-state index in [4.69, 9.17) is 0 Å². The van der Waals surface area contributed by atoms with E-state index in [1.54, 1.807) is 0 Å². The molecule has 0 atom stereocenters. The van der Waals surface area contributed by atoms with Crippen LogP contribution >= 0.6 is 0 Å². The van der Waals surface area contributed by atoms with Crippen LogP contribution in [-0.4, -0.2) is 6.71 Å². The van der Waals surface area contributed by atoms with Crippen molar-refractivity contribution in [1.82, 2.24) is 0 Å². The van der Waals surface area contributed by atoms with Gasteiger partial charge in [0, 0.05) is 44.8 Å². The van der Waals surface area contributed by atoms with Crippen molar-refractivity contribution in [1.29, 1.82) is 0 Å². The fourth-order valence-electron chi connectivity index (χ4n) is 15.0. The second-order valence-corrected chi connectivity index (χ2v) is 29.9. The van der Waals surface area contributed by atoms with E-state index < -0.39 is 0 Å². The highest BCUT2D eigenvalue weighted by molar-refractivity contribution is 7.00. The highest BCUT2D eigenvalue weighted by Gasteiger charge is 2.48. The third kappa shape index (κ3) is 8.96. The molecule has 9 aromatic rings. The number of fused-ring (bicyclic) bond motifs is 6. The number of hydrogen-bond acceptors (Lipinski definition) is 2. The van der Waals surface area contributed by atoms with Crippen LogP contribution in [0.3, 0.4) is 0 Å². The van der Waals surface area contributed by atoms with E-state index in [1.807, 2.05) is 0 Å². The van der Waals surface area contributed by atoms with E-state index in [9.17, 15) is 0 Å². The Kier molecular flexibility index (Phi) is 12.6. The molecule has 0 fully saturated rings. The molecule has 0 unspecified atom stereocenters. The van der Waals surface area contributed by atoms with Crippen molar-refractivity contribution in [3.63, 3.8) is 0 Å². The van der Waals surface area contributed by atoms with Gasteiger partial charge in [-0.25, -0.2) is 0 Å². The lowest BCUT2D eigenvalue weighted by atomic mass is 9.33. The van der Waals surface area contributed by atoms with Gasteiger partial charge in [0.2, 0.25) is 0 Å². The maximum absolute atomic E-state index is 2.74. The van der Waals surface area contributed by atoms with E-state index in [1.165, 1.54) is 129 Å². The predicted octanol–water partition coefficient (Wildman–Crippen LogP) is 19.8. The SMILES string of the molecule is CC(C)(C)c1cc2c3c(c1)N(c1ccc(C(C)(C)c4ccccc4)cc1-c1ccc(-c4ccccc4)cc1)c1cc(C(C)(C)c4ccccc4)ccc1B3c1cc3c(cc1N2c1ccc2c(c1)C(C)(C)CCC2(C)C)C(C)(C)CCC3(C)C. The zero-order chi connectivity index (χ0) is 58.4. The fourth-order valence-corrected chi connectivity index (χ4v) is 15.0. The zero-order valence-corrected chi connectivity index (χ0v) is 52.3. The van der Waals surface area contributed by atoms with Gasteiger partial charge in [-0.1, -0.05) is 249 Å². The smallest absolute Gasteiger partial charge is 0.252 e. The lowest BCUT2D eigenvalue weighted by molar-refractivity contribution is 0.332. The molecule has 13 rings (SSSR count). The van der Waals surface area contributed by atoms with Crippen LogP contribution in [0.1, 0.15) is 180 Å². The van der Waals surface area contributed by atoms with Gasteiger partial charge in [0.25, 0.3) is 6.71 Å². The van der Waals surface area contributed by atoms with Crippen molar-refractivity contribution < 1.29 is 0 Å². The highest BCUT2D eigenvalue weighted by atomic mass is 15.2. The molecule has 3 heteroatoms. The number of anilines is 6. The molecule has 0 amide bonds. The fraction of sp³-hybridized carbons (Fsp3) is 0.325. The number of benzene rings is 9. The van der Waals surface area contributed by atoms with Gasteiger partial charge in [-0.05, 0) is 184 Å². The van der Waals surface area contributed by atoms with Crippen molar-refractivity contribution in [2.45, 2.75) is 167 Å². The Morgan fingerprint density at radius 1 is 0.325 bits per heavy atom. The van der Waals surface area contributed by atoms with Gasteiger partial charge < -0.3 is 9.80 Å². The molecular weight excluding hydrogens is 1000 g/mol. The third-order valence-corrected chi connectivity index (χ3v) is 21.0. The second kappa shape index (κ2) is 19.1. The van der Waals surface area contributed by atoms with E-state index in [0.717, 1.165) is 19.3 Å². The van der Waals surface area contributed by atoms with Crippen molar-refractivity contribution in [2.24, 2.45) is 0 Å². The normalized spacial score (nSPS) is 17.2. The molecule has 0 saturated heterocycles. The predicted molar refractivity (Wildman–Crippen MR) is 358 cm³/mol. The van der Waals surface area contributed by atoms with Gasteiger partial charge in [-0.15, -0.1) is 0 Å². The van der Waals surface area contributed by atoms with E-state index in [2.05, 4.69) is 308 Å². The summed E-state index contributed by atoms with van der Waals surface area (Å²) < 4.78 is 0. The first-order chi connectivity index (χ1) is 39.3. The maximum Gasteiger partial charge on any atom is 0.252 e. The van der Waals surface area contributed by atoms with Crippen molar-refractivity contribution in [2.75, 3.05) is 9.80 Å². The van der Waals surface area contributed by atoms with Gasteiger partial charge in [0.15, 0.2) is 0 Å². The average Bonchev–Trinajstić information content (AvgIpc) is 3.45. The van der Waals surface area contributed by atoms with Crippen LogP contribution in [0.5, 0.6) is 0 Å². The van der Waals surface area contributed by atoms with Crippen molar-refractivity contribution in [3.8, 4) is 22.3 Å². The maximum atomic E-state index is 2.74. The molecule has 0 spiro atoms. The standard InChI is InChI=1S/C80H85BN2/c1-74(2,3)59-47-71-73-72(48-59)83(68-40-36-57(79(12,13)55-27-21-17-22-28-55)45-61(68)54-33-31-53(32-34-54)52-25-19-16-20-26-52)69-46-58(80(14,15)56-29-23-18-24-30-56)35-39-66(69)81(73)67-50-64-65(78(10,11)44-43-77(64,8)9)51-70(67)82(71)60-37-38-62-63(49-60)76(6,7)42-41-75(62,4)5/h16-40,45-51H,41-44H2,1-15H3. The van der Waals surface area contributed by atoms with Crippen LogP contribution in [0.2, 0.25) is 0 Å².